The molecule has 2 aromatic carbocycles. The number of nitrogens with zero attached hydrogens (tertiary/aromatic N) is 1. The summed E-state index contributed by atoms with van der Waals surface area (Å²) < 4.78 is 34.7. The highest BCUT2D eigenvalue weighted by Crippen LogP contribution is 2.46. The molecule has 0 unspecified atom stereocenters. The van der Waals surface area contributed by atoms with E-state index in [9.17, 15) is 18.3 Å². The SMILES string of the molecule is C[C@@H]1CS(=O)(=O)NC(=O)c2ccc3c(c2)N(C[C@@H]2CC[C@H]2[C@H](O)/C=C\[C@@H]1C)C[C@@]1(CCCc2cc(Cl)ccc21)CO3. The van der Waals surface area contributed by atoms with Crippen LogP contribution in [0.3, 0.4) is 0 Å². The Kier molecular flexibility index (Phi) is 7.62. The Bertz CT molecular complexity index is 1480. The monoisotopic (exact) mass is 598 g/mol. The van der Waals surface area contributed by atoms with Gasteiger partial charge in [0, 0.05) is 29.1 Å². The first kappa shape index (κ1) is 28.6. The van der Waals surface area contributed by atoms with Crippen LogP contribution in [0.2, 0.25) is 5.02 Å². The molecule has 1 amide bonds. The maximum Gasteiger partial charge on any atom is 0.264 e. The summed E-state index contributed by atoms with van der Waals surface area (Å²) in [5.41, 5.74) is 3.33. The molecular formula is C32H39ClN2O5S. The minimum atomic E-state index is -3.86. The third-order valence-electron chi connectivity index (χ3n) is 9.91. The van der Waals surface area contributed by atoms with Crippen LogP contribution in [0.25, 0.3) is 0 Å². The minimum Gasteiger partial charge on any atom is -0.490 e. The highest BCUT2D eigenvalue weighted by atomic mass is 35.5. The van der Waals surface area contributed by atoms with E-state index in [0.29, 0.717) is 25.4 Å². The topological polar surface area (TPSA) is 95.9 Å². The first-order chi connectivity index (χ1) is 19.5. The molecule has 41 heavy (non-hydrogen) atoms. The lowest BCUT2D eigenvalue weighted by Crippen LogP contribution is -2.49. The van der Waals surface area contributed by atoms with Crippen LogP contribution in [0.5, 0.6) is 5.75 Å². The summed E-state index contributed by atoms with van der Waals surface area (Å²) in [5.74, 6) is -0.0304. The number of halogens is 1. The summed E-state index contributed by atoms with van der Waals surface area (Å²) in [4.78, 5) is 15.6. The molecule has 0 aromatic heterocycles. The second-order valence-corrected chi connectivity index (χ2v) is 14.9. The Morgan fingerprint density at radius 3 is 2.73 bits per heavy atom. The van der Waals surface area contributed by atoms with Crippen molar-refractivity contribution < 1.29 is 23.1 Å². The molecule has 0 radical (unpaired) electrons. The zero-order valence-electron chi connectivity index (χ0n) is 23.7. The van der Waals surface area contributed by atoms with Crippen LogP contribution < -0.4 is 14.4 Å². The molecule has 2 aliphatic heterocycles. The first-order valence-corrected chi connectivity index (χ1v) is 16.8. The normalized spacial score (nSPS) is 33.8. The van der Waals surface area contributed by atoms with Crippen LogP contribution >= 0.6 is 11.6 Å². The van der Waals surface area contributed by atoms with E-state index in [0.717, 1.165) is 42.8 Å². The zero-order valence-corrected chi connectivity index (χ0v) is 25.3. The number of amides is 1. The summed E-state index contributed by atoms with van der Waals surface area (Å²) in [6.45, 7) is 5.71. The van der Waals surface area contributed by atoms with E-state index in [1.807, 2.05) is 32.1 Å². The van der Waals surface area contributed by atoms with Crippen molar-refractivity contribution in [2.75, 3.05) is 30.3 Å². The number of anilines is 1. The summed E-state index contributed by atoms with van der Waals surface area (Å²) in [6, 6.07) is 11.4. The fourth-order valence-electron chi connectivity index (χ4n) is 7.17. The predicted molar refractivity (Wildman–Crippen MR) is 161 cm³/mol. The van der Waals surface area contributed by atoms with Crippen molar-refractivity contribution in [2.24, 2.45) is 23.7 Å². The van der Waals surface area contributed by atoms with Gasteiger partial charge in [-0.3, -0.25) is 4.79 Å². The van der Waals surface area contributed by atoms with Crippen molar-refractivity contribution in [3.63, 3.8) is 0 Å². The molecule has 1 saturated carbocycles. The van der Waals surface area contributed by atoms with Crippen molar-refractivity contribution in [1.82, 2.24) is 4.72 Å². The molecule has 2 N–H and O–H groups in total. The molecule has 7 nitrogen and oxygen atoms in total. The third kappa shape index (κ3) is 5.63. The Hall–Kier alpha value is -2.55. The number of hydrogen-bond acceptors (Lipinski definition) is 6. The summed E-state index contributed by atoms with van der Waals surface area (Å²) in [5, 5.41) is 11.9. The average molecular weight is 599 g/mol. The molecular weight excluding hydrogens is 560 g/mol. The van der Waals surface area contributed by atoms with Crippen LogP contribution in [0.4, 0.5) is 5.69 Å². The number of fused-ring (bicyclic) bond motifs is 4. The smallest absolute Gasteiger partial charge is 0.264 e. The van der Waals surface area contributed by atoms with Crippen molar-refractivity contribution in [3.8, 4) is 5.75 Å². The van der Waals surface area contributed by atoms with E-state index < -0.39 is 22.0 Å². The van der Waals surface area contributed by atoms with Crippen LogP contribution in [-0.4, -0.2) is 51.0 Å². The lowest BCUT2D eigenvalue weighted by Gasteiger charge is -2.45. The van der Waals surface area contributed by atoms with Gasteiger partial charge in [-0.25, -0.2) is 13.1 Å². The maximum absolute atomic E-state index is 13.2. The lowest BCUT2D eigenvalue weighted by molar-refractivity contribution is 0.0454. The maximum atomic E-state index is 13.2. The number of benzene rings is 2. The molecule has 6 atom stereocenters. The van der Waals surface area contributed by atoms with Gasteiger partial charge in [0.1, 0.15) is 5.75 Å². The number of rotatable bonds is 0. The summed E-state index contributed by atoms with van der Waals surface area (Å²) in [7, 11) is -3.86. The van der Waals surface area contributed by atoms with Crippen molar-refractivity contribution in [2.45, 2.75) is 57.5 Å². The standard InChI is InChI=1S/C32H39ClN2O5S/c1-20-5-11-29(36)26-9-6-24(26)16-35-18-32(13-3-4-22-14-25(33)8-10-27(22)32)19-40-30-12-7-23(15-28(30)35)31(37)34-41(38,39)17-21(20)2/h5,7-8,10-12,14-15,20-21,24,26,29,36H,3-4,6,9,13,16-19H2,1-2H3,(H,34,37)/b11-5-/t20-,21+,24-,26+,29+,32-/m0/s1. The van der Waals surface area contributed by atoms with Gasteiger partial charge in [-0.2, -0.15) is 0 Å². The predicted octanol–water partition coefficient (Wildman–Crippen LogP) is 5.10. The van der Waals surface area contributed by atoms with Crippen molar-refractivity contribution in [3.05, 3.63) is 70.3 Å². The lowest BCUT2D eigenvalue weighted by atomic mass is 9.68. The molecule has 4 aliphatic rings. The van der Waals surface area contributed by atoms with Gasteiger partial charge in [-0.15, -0.1) is 0 Å². The quantitative estimate of drug-likeness (QED) is 0.410. The molecule has 2 bridgehead atoms. The second kappa shape index (κ2) is 10.9. The van der Waals surface area contributed by atoms with E-state index in [-0.39, 0.29) is 40.4 Å². The molecule has 220 valence electrons. The van der Waals surface area contributed by atoms with E-state index in [2.05, 4.69) is 21.8 Å². The number of nitrogens with one attached hydrogen (secondary N) is 1. The number of hydrogen-bond donors (Lipinski definition) is 2. The Labute approximate surface area is 248 Å². The van der Waals surface area contributed by atoms with Gasteiger partial charge in [0.15, 0.2) is 0 Å². The van der Waals surface area contributed by atoms with Crippen molar-refractivity contribution >= 4 is 33.2 Å². The molecule has 2 heterocycles. The number of ether oxygens (including phenoxy) is 1. The van der Waals surface area contributed by atoms with Gasteiger partial charge in [-0.05, 0) is 97.2 Å². The molecule has 1 fully saturated rings. The largest absolute Gasteiger partial charge is 0.490 e. The molecule has 2 aromatic rings. The minimum absolute atomic E-state index is 0.0730. The van der Waals surface area contributed by atoms with E-state index >= 15 is 0 Å². The van der Waals surface area contributed by atoms with Gasteiger partial charge in [0.25, 0.3) is 5.91 Å². The molecule has 0 saturated heterocycles. The van der Waals surface area contributed by atoms with E-state index in [1.54, 1.807) is 18.2 Å². The van der Waals surface area contributed by atoms with Gasteiger partial charge < -0.3 is 14.7 Å². The van der Waals surface area contributed by atoms with Gasteiger partial charge in [0.05, 0.1) is 24.2 Å². The fraction of sp³-hybridized carbons (Fsp3) is 0.531. The highest BCUT2D eigenvalue weighted by molar-refractivity contribution is 7.90. The van der Waals surface area contributed by atoms with E-state index in [4.69, 9.17) is 16.3 Å². The fourth-order valence-corrected chi connectivity index (χ4v) is 8.84. The summed E-state index contributed by atoms with van der Waals surface area (Å²) >= 11 is 6.38. The van der Waals surface area contributed by atoms with E-state index in [1.165, 1.54) is 11.1 Å². The Balaban J connectivity index is 1.42. The third-order valence-corrected chi connectivity index (χ3v) is 11.6. The van der Waals surface area contributed by atoms with Crippen LogP contribution in [-0.2, 0) is 21.9 Å². The van der Waals surface area contributed by atoms with Crippen LogP contribution in [0, 0.1) is 23.7 Å². The number of sulfonamides is 1. The number of aliphatic hydroxyl groups excluding tert-OH is 1. The van der Waals surface area contributed by atoms with Gasteiger partial charge in [-0.1, -0.05) is 43.7 Å². The zero-order chi connectivity index (χ0) is 28.9. The van der Waals surface area contributed by atoms with Gasteiger partial charge >= 0.3 is 0 Å². The number of carbonyl (C=O) groups is 1. The highest BCUT2D eigenvalue weighted by Gasteiger charge is 2.44. The van der Waals surface area contributed by atoms with Crippen molar-refractivity contribution in [1.29, 1.82) is 0 Å². The molecule has 2 aliphatic carbocycles. The average Bonchev–Trinajstić information content (AvgIpc) is 3.05. The first-order valence-electron chi connectivity index (χ1n) is 14.8. The number of carbonyl (C=O) groups excluding carboxylic acids is 1. The number of aryl methyl sites for hydroxylation is 1. The molecule has 6 rings (SSSR count). The Morgan fingerprint density at radius 1 is 1.12 bits per heavy atom. The van der Waals surface area contributed by atoms with Gasteiger partial charge in [0.2, 0.25) is 10.0 Å². The Morgan fingerprint density at radius 2 is 1.95 bits per heavy atom. The number of aliphatic hydroxyl groups is 1. The van der Waals surface area contributed by atoms with Crippen LogP contribution in [0.1, 0.15) is 61.0 Å². The van der Waals surface area contributed by atoms with Crippen LogP contribution in [0.15, 0.2) is 48.6 Å². The molecule has 9 heteroatoms. The number of allylic oxidation sites excluding steroid dienone is 1. The summed E-state index contributed by atoms with van der Waals surface area (Å²) in [6.07, 6.45) is 8.11. The second-order valence-electron chi connectivity index (χ2n) is 12.7. The molecule has 1 spiro atoms.